The topological polar surface area (TPSA) is 75.3 Å². The summed E-state index contributed by atoms with van der Waals surface area (Å²) in [5.41, 5.74) is 0. The Morgan fingerprint density at radius 2 is 2.06 bits per heavy atom. The third-order valence-electron chi connectivity index (χ3n) is 3.68. The molecule has 0 aromatic carbocycles. The first-order chi connectivity index (χ1) is 7.95. The molecule has 1 heterocycles. The van der Waals surface area contributed by atoms with E-state index >= 15 is 0 Å². The van der Waals surface area contributed by atoms with E-state index in [2.05, 4.69) is 10.6 Å². The highest BCUT2D eigenvalue weighted by Gasteiger charge is 2.31. The largest absolute Gasteiger partial charge is 0.354 e. The number of carbonyl (C=O) groups excluding carboxylic acids is 1. The van der Waals surface area contributed by atoms with Gasteiger partial charge in [-0.15, -0.1) is 0 Å². The van der Waals surface area contributed by atoms with Crippen molar-refractivity contribution in [2.45, 2.75) is 49.4 Å². The van der Waals surface area contributed by atoms with Crippen LogP contribution in [0.1, 0.15) is 32.1 Å². The third-order valence-corrected chi connectivity index (χ3v) is 5.32. The third kappa shape index (κ3) is 3.42. The molecule has 0 spiro atoms. The van der Waals surface area contributed by atoms with E-state index in [1.807, 2.05) is 0 Å². The number of rotatable bonds is 3. The highest BCUT2D eigenvalue weighted by molar-refractivity contribution is 7.91. The fourth-order valence-corrected chi connectivity index (χ4v) is 3.92. The van der Waals surface area contributed by atoms with Crippen LogP contribution in [-0.2, 0) is 14.6 Å². The van der Waals surface area contributed by atoms with Gasteiger partial charge in [0.25, 0.3) is 0 Å². The molecule has 5 nitrogen and oxygen atoms in total. The van der Waals surface area contributed by atoms with E-state index in [1.54, 1.807) is 0 Å². The molecule has 17 heavy (non-hydrogen) atoms. The van der Waals surface area contributed by atoms with Crippen molar-refractivity contribution in [3.05, 3.63) is 0 Å². The molecule has 0 bridgehead atoms. The van der Waals surface area contributed by atoms with Crippen molar-refractivity contribution in [3.8, 4) is 0 Å². The van der Waals surface area contributed by atoms with Gasteiger partial charge in [-0.1, -0.05) is 6.42 Å². The van der Waals surface area contributed by atoms with E-state index in [9.17, 15) is 13.2 Å². The van der Waals surface area contributed by atoms with Gasteiger partial charge in [0.15, 0.2) is 0 Å². The Morgan fingerprint density at radius 1 is 1.29 bits per heavy atom. The van der Waals surface area contributed by atoms with Gasteiger partial charge in [0, 0.05) is 31.3 Å². The number of hydrogen-bond donors (Lipinski definition) is 2. The van der Waals surface area contributed by atoms with E-state index in [-0.39, 0.29) is 23.2 Å². The Labute approximate surface area is 102 Å². The summed E-state index contributed by atoms with van der Waals surface area (Å²) in [6.07, 6.45) is 5.25. The van der Waals surface area contributed by atoms with E-state index in [0.717, 1.165) is 19.3 Å². The van der Waals surface area contributed by atoms with Gasteiger partial charge < -0.3 is 10.6 Å². The van der Waals surface area contributed by atoms with Crippen molar-refractivity contribution in [1.82, 2.24) is 10.6 Å². The predicted octanol–water partition coefficient (Wildman–Crippen LogP) is -0.180. The fourth-order valence-electron chi connectivity index (χ4n) is 2.74. The molecule has 3 unspecified atom stereocenters. The van der Waals surface area contributed by atoms with Gasteiger partial charge in [0.2, 0.25) is 5.91 Å². The molecule has 2 N–H and O–H groups in total. The summed E-state index contributed by atoms with van der Waals surface area (Å²) in [4.78, 5) is 11.1. The molecule has 0 aromatic heterocycles. The molecule has 1 amide bonds. The monoisotopic (exact) mass is 260 g/mol. The number of nitrogens with one attached hydrogen (secondary N) is 2. The summed E-state index contributed by atoms with van der Waals surface area (Å²) in [6.45, 7) is 0.666. The van der Waals surface area contributed by atoms with Crippen molar-refractivity contribution >= 4 is 15.7 Å². The van der Waals surface area contributed by atoms with Crippen molar-refractivity contribution < 1.29 is 13.2 Å². The zero-order valence-electron chi connectivity index (χ0n) is 10.1. The first-order valence-corrected chi connectivity index (χ1v) is 8.12. The maximum Gasteiger partial charge on any atom is 0.221 e. The van der Waals surface area contributed by atoms with Gasteiger partial charge in [-0.05, 0) is 19.3 Å². The predicted molar refractivity (Wildman–Crippen MR) is 65.4 cm³/mol. The lowest BCUT2D eigenvalue weighted by atomic mass is 9.94. The fraction of sp³-hybridized carbons (Fsp3) is 0.909. The second-order valence-electron chi connectivity index (χ2n) is 5.19. The molecular weight excluding hydrogens is 240 g/mol. The quantitative estimate of drug-likeness (QED) is 0.738. The highest BCUT2D eigenvalue weighted by atomic mass is 32.2. The molecule has 1 aliphatic carbocycles. The molecule has 6 heteroatoms. The molecule has 1 saturated heterocycles. The normalized spacial score (nSPS) is 34.6. The van der Waals surface area contributed by atoms with E-state index in [1.165, 1.54) is 6.26 Å². The number of amides is 1. The Hall–Kier alpha value is -0.620. The second-order valence-corrected chi connectivity index (χ2v) is 7.51. The molecule has 1 aliphatic heterocycles. The molecule has 2 aliphatic rings. The molecule has 2 fully saturated rings. The molecule has 1 saturated carbocycles. The summed E-state index contributed by atoms with van der Waals surface area (Å²) in [5, 5.41) is 5.97. The minimum atomic E-state index is -2.93. The van der Waals surface area contributed by atoms with Crippen molar-refractivity contribution in [2.24, 2.45) is 0 Å². The average molecular weight is 260 g/mol. The second kappa shape index (κ2) is 4.94. The lowest BCUT2D eigenvalue weighted by Gasteiger charge is -2.30. The molecule has 0 aromatic rings. The summed E-state index contributed by atoms with van der Waals surface area (Å²) in [6, 6.07) is 0.409. The van der Waals surface area contributed by atoms with Gasteiger partial charge in [-0.2, -0.15) is 0 Å². The Kier molecular flexibility index (Phi) is 3.73. The SMILES string of the molecule is CS(=O)(=O)C1CCCC(NC2CNC(=O)C2)C1. The Morgan fingerprint density at radius 3 is 2.65 bits per heavy atom. The standard InChI is InChI=1S/C11H20N2O3S/c1-17(15,16)10-4-2-3-8(5-10)13-9-6-11(14)12-7-9/h8-10,13H,2-7H2,1H3,(H,12,14). The number of hydrogen-bond acceptors (Lipinski definition) is 4. The van der Waals surface area contributed by atoms with Gasteiger partial charge in [-0.25, -0.2) is 8.42 Å². The molecule has 0 radical (unpaired) electrons. The van der Waals surface area contributed by atoms with E-state index < -0.39 is 9.84 Å². The number of carbonyl (C=O) groups is 1. The van der Waals surface area contributed by atoms with Gasteiger partial charge >= 0.3 is 0 Å². The maximum absolute atomic E-state index is 11.5. The zero-order chi connectivity index (χ0) is 12.5. The summed E-state index contributed by atoms with van der Waals surface area (Å²) in [5.74, 6) is 0.0815. The van der Waals surface area contributed by atoms with Crippen LogP contribution in [0.4, 0.5) is 0 Å². The smallest absolute Gasteiger partial charge is 0.221 e. The summed E-state index contributed by atoms with van der Waals surface area (Å²) >= 11 is 0. The summed E-state index contributed by atoms with van der Waals surface area (Å²) in [7, 11) is -2.93. The van der Waals surface area contributed by atoms with Crippen LogP contribution in [0, 0.1) is 0 Å². The van der Waals surface area contributed by atoms with Crippen molar-refractivity contribution in [2.75, 3.05) is 12.8 Å². The van der Waals surface area contributed by atoms with Crippen molar-refractivity contribution in [1.29, 1.82) is 0 Å². The van der Waals surface area contributed by atoms with Gasteiger partial charge in [0.05, 0.1) is 5.25 Å². The highest BCUT2D eigenvalue weighted by Crippen LogP contribution is 2.24. The summed E-state index contributed by atoms with van der Waals surface area (Å²) < 4.78 is 23.1. The molecule has 3 atom stereocenters. The van der Waals surface area contributed by atoms with E-state index in [0.29, 0.717) is 19.4 Å². The Bertz CT molecular complexity index is 394. The van der Waals surface area contributed by atoms with E-state index in [4.69, 9.17) is 0 Å². The van der Waals surface area contributed by atoms with Crippen LogP contribution in [0.3, 0.4) is 0 Å². The minimum absolute atomic E-state index is 0.0815. The van der Waals surface area contributed by atoms with Gasteiger partial charge in [0.1, 0.15) is 9.84 Å². The van der Waals surface area contributed by atoms with Crippen LogP contribution in [0.15, 0.2) is 0 Å². The lowest BCUT2D eigenvalue weighted by molar-refractivity contribution is -0.119. The maximum atomic E-state index is 11.5. The van der Waals surface area contributed by atoms with Crippen LogP contribution in [0.5, 0.6) is 0 Å². The number of sulfone groups is 1. The first-order valence-electron chi connectivity index (χ1n) is 6.17. The first kappa shape index (κ1) is 12.8. The van der Waals surface area contributed by atoms with Crippen LogP contribution in [0.2, 0.25) is 0 Å². The molecular formula is C11H20N2O3S. The van der Waals surface area contributed by atoms with Crippen LogP contribution in [0.25, 0.3) is 0 Å². The average Bonchev–Trinajstić information content (AvgIpc) is 2.63. The zero-order valence-corrected chi connectivity index (χ0v) is 10.9. The van der Waals surface area contributed by atoms with Gasteiger partial charge in [-0.3, -0.25) is 4.79 Å². The molecule has 98 valence electrons. The lowest BCUT2D eigenvalue weighted by Crippen LogP contribution is -2.44. The Balaban J connectivity index is 1.87. The van der Waals surface area contributed by atoms with Crippen LogP contribution < -0.4 is 10.6 Å². The van der Waals surface area contributed by atoms with Crippen LogP contribution >= 0.6 is 0 Å². The van der Waals surface area contributed by atoms with Crippen LogP contribution in [-0.4, -0.2) is 44.5 Å². The minimum Gasteiger partial charge on any atom is -0.354 e. The van der Waals surface area contributed by atoms with Crippen molar-refractivity contribution in [3.63, 3.8) is 0 Å². The molecule has 2 rings (SSSR count).